The first-order chi connectivity index (χ1) is 8.40. The fourth-order valence-electron chi connectivity index (χ4n) is 2.19. The largest absolute Gasteiger partial charge is 0.443 e. The molecule has 0 N–H and O–H groups in total. The van der Waals surface area contributed by atoms with Crippen molar-refractivity contribution in [1.29, 1.82) is 0 Å². The fourth-order valence-corrected chi connectivity index (χ4v) is 2.19. The van der Waals surface area contributed by atoms with Gasteiger partial charge in [-0.1, -0.05) is 43.3 Å². The predicted octanol–water partition coefficient (Wildman–Crippen LogP) is 4.06. The van der Waals surface area contributed by atoms with E-state index < -0.39 is 0 Å². The van der Waals surface area contributed by atoms with Gasteiger partial charge in [-0.05, 0) is 23.6 Å². The van der Waals surface area contributed by atoms with Gasteiger partial charge in [0.1, 0.15) is 5.52 Å². The molecule has 0 amide bonds. The fraction of sp³-hybridized carbons (Fsp3) is 0.133. The zero-order chi connectivity index (χ0) is 11.7. The van der Waals surface area contributed by atoms with Gasteiger partial charge in [0.2, 0.25) is 0 Å². The molecule has 2 aromatic carbocycles. The average Bonchev–Trinajstić information content (AvgIpc) is 2.86. The second-order valence-electron chi connectivity index (χ2n) is 4.02. The quantitative estimate of drug-likeness (QED) is 0.654. The van der Waals surface area contributed by atoms with Crippen LogP contribution < -0.4 is 0 Å². The number of nitrogens with zero attached hydrogens (tertiary/aromatic N) is 1. The third-order valence-corrected chi connectivity index (χ3v) is 3.03. The van der Waals surface area contributed by atoms with Gasteiger partial charge in [0, 0.05) is 5.56 Å². The Labute approximate surface area is 99.9 Å². The molecule has 0 aliphatic rings. The van der Waals surface area contributed by atoms with E-state index in [1.54, 1.807) is 0 Å². The summed E-state index contributed by atoms with van der Waals surface area (Å²) in [7, 11) is 0. The molecule has 3 rings (SSSR count). The van der Waals surface area contributed by atoms with Crippen LogP contribution in [0.2, 0.25) is 0 Å². The summed E-state index contributed by atoms with van der Waals surface area (Å²) in [4.78, 5) is 4.34. The van der Waals surface area contributed by atoms with Crippen molar-refractivity contribution in [2.45, 2.75) is 13.3 Å². The van der Waals surface area contributed by atoms with Gasteiger partial charge in [0.15, 0.2) is 12.0 Å². The first-order valence-electron chi connectivity index (χ1n) is 5.80. The molecule has 3 aromatic rings. The molecule has 0 aliphatic heterocycles. The van der Waals surface area contributed by atoms with E-state index in [0.717, 1.165) is 17.5 Å². The Morgan fingerprint density at radius 1 is 1.06 bits per heavy atom. The molecule has 2 heteroatoms. The lowest BCUT2D eigenvalue weighted by Crippen LogP contribution is -1.89. The molecule has 0 fully saturated rings. The normalized spacial score (nSPS) is 10.9. The van der Waals surface area contributed by atoms with Gasteiger partial charge < -0.3 is 4.42 Å². The van der Waals surface area contributed by atoms with Crippen LogP contribution >= 0.6 is 0 Å². The highest BCUT2D eigenvalue weighted by atomic mass is 16.3. The molecular weight excluding hydrogens is 210 g/mol. The Kier molecular flexibility index (Phi) is 2.41. The zero-order valence-electron chi connectivity index (χ0n) is 9.68. The van der Waals surface area contributed by atoms with Crippen LogP contribution in [-0.2, 0) is 6.42 Å². The maximum Gasteiger partial charge on any atom is 0.182 e. The maximum atomic E-state index is 5.37. The van der Waals surface area contributed by atoms with Crippen molar-refractivity contribution >= 4 is 11.1 Å². The van der Waals surface area contributed by atoms with Gasteiger partial charge >= 0.3 is 0 Å². The predicted molar refractivity (Wildman–Crippen MR) is 68.8 cm³/mol. The van der Waals surface area contributed by atoms with Gasteiger partial charge in [-0.2, -0.15) is 0 Å². The first kappa shape index (κ1) is 10.1. The van der Waals surface area contributed by atoms with Crippen LogP contribution in [0, 0.1) is 0 Å². The zero-order valence-corrected chi connectivity index (χ0v) is 9.68. The van der Waals surface area contributed by atoms with Crippen molar-refractivity contribution in [3.05, 3.63) is 54.4 Å². The second kappa shape index (κ2) is 4.06. The van der Waals surface area contributed by atoms with Crippen LogP contribution in [0.1, 0.15) is 12.5 Å². The van der Waals surface area contributed by atoms with Crippen molar-refractivity contribution in [3.8, 4) is 11.1 Å². The minimum absolute atomic E-state index is 0.848. The second-order valence-corrected chi connectivity index (χ2v) is 4.02. The number of hydrogen-bond acceptors (Lipinski definition) is 2. The molecule has 17 heavy (non-hydrogen) atoms. The molecule has 2 nitrogen and oxygen atoms in total. The van der Waals surface area contributed by atoms with Crippen molar-refractivity contribution in [3.63, 3.8) is 0 Å². The highest BCUT2D eigenvalue weighted by molar-refractivity contribution is 5.92. The third kappa shape index (κ3) is 1.62. The highest BCUT2D eigenvalue weighted by Crippen LogP contribution is 2.31. The molecule has 84 valence electrons. The van der Waals surface area contributed by atoms with E-state index in [9.17, 15) is 0 Å². The smallest absolute Gasteiger partial charge is 0.182 e. The Bertz CT molecular complexity index is 640. The van der Waals surface area contributed by atoms with Crippen molar-refractivity contribution < 1.29 is 4.42 Å². The van der Waals surface area contributed by atoms with Gasteiger partial charge in [-0.15, -0.1) is 0 Å². The summed E-state index contributed by atoms with van der Waals surface area (Å²) >= 11 is 0. The number of benzene rings is 2. The molecule has 0 saturated heterocycles. The monoisotopic (exact) mass is 223 g/mol. The molecule has 0 saturated carbocycles. The highest BCUT2D eigenvalue weighted by Gasteiger charge is 2.11. The summed E-state index contributed by atoms with van der Waals surface area (Å²) in [6, 6.07) is 14.5. The van der Waals surface area contributed by atoms with E-state index in [1.165, 1.54) is 23.1 Å². The van der Waals surface area contributed by atoms with E-state index in [2.05, 4.69) is 30.1 Å². The summed E-state index contributed by atoms with van der Waals surface area (Å²) in [5.41, 5.74) is 5.50. The van der Waals surface area contributed by atoms with E-state index in [-0.39, 0.29) is 0 Å². The van der Waals surface area contributed by atoms with E-state index >= 15 is 0 Å². The molecule has 0 unspecified atom stereocenters. The van der Waals surface area contributed by atoms with Crippen LogP contribution in [0.5, 0.6) is 0 Å². The van der Waals surface area contributed by atoms with E-state index in [4.69, 9.17) is 4.42 Å². The molecule has 0 spiro atoms. The SMILES string of the molecule is CCc1ccc2ocnc2c1-c1ccccc1. The van der Waals surface area contributed by atoms with Crippen molar-refractivity contribution in [2.75, 3.05) is 0 Å². The summed E-state index contributed by atoms with van der Waals surface area (Å²) < 4.78 is 5.37. The minimum Gasteiger partial charge on any atom is -0.443 e. The number of hydrogen-bond donors (Lipinski definition) is 0. The Hall–Kier alpha value is -2.09. The first-order valence-corrected chi connectivity index (χ1v) is 5.80. The Morgan fingerprint density at radius 3 is 2.65 bits per heavy atom. The van der Waals surface area contributed by atoms with Crippen molar-refractivity contribution in [1.82, 2.24) is 4.98 Å². The number of fused-ring (bicyclic) bond motifs is 1. The molecular formula is C15H13NO. The maximum absolute atomic E-state index is 5.37. The van der Waals surface area contributed by atoms with Crippen LogP contribution in [-0.4, -0.2) is 4.98 Å². The standard InChI is InChI=1S/C15H13NO/c1-2-11-8-9-13-15(16-10-17-13)14(11)12-6-4-3-5-7-12/h3-10H,2H2,1H3. The topological polar surface area (TPSA) is 26.0 Å². The molecule has 0 bridgehead atoms. The molecule has 1 aromatic heterocycles. The lowest BCUT2D eigenvalue weighted by molar-refractivity contribution is 0.602. The van der Waals surface area contributed by atoms with Crippen LogP contribution in [0.4, 0.5) is 0 Å². The molecule has 0 aliphatic carbocycles. The lowest BCUT2D eigenvalue weighted by atomic mass is 9.97. The van der Waals surface area contributed by atoms with Gasteiger partial charge in [0.05, 0.1) is 0 Å². The summed E-state index contributed by atoms with van der Waals surface area (Å²) in [5.74, 6) is 0. The van der Waals surface area contributed by atoms with Crippen LogP contribution in [0.25, 0.3) is 22.2 Å². The average molecular weight is 223 g/mol. The summed E-state index contributed by atoms with van der Waals surface area (Å²) in [6.45, 7) is 2.16. The number of aryl methyl sites for hydroxylation is 1. The molecule has 1 heterocycles. The van der Waals surface area contributed by atoms with Gasteiger partial charge in [-0.3, -0.25) is 0 Å². The van der Waals surface area contributed by atoms with E-state index in [1.807, 2.05) is 24.3 Å². The number of rotatable bonds is 2. The van der Waals surface area contributed by atoms with Crippen molar-refractivity contribution in [2.24, 2.45) is 0 Å². The lowest BCUT2D eigenvalue weighted by Gasteiger charge is -2.08. The van der Waals surface area contributed by atoms with Gasteiger partial charge in [0.25, 0.3) is 0 Å². The van der Waals surface area contributed by atoms with E-state index in [0.29, 0.717) is 0 Å². The molecule has 0 radical (unpaired) electrons. The molecule has 0 atom stereocenters. The Morgan fingerprint density at radius 2 is 1.88 bits per heavy atom. The number of oxazole rings is 1. The third-order valence-electron chi connectivity index (χ3n) is 3.03. The van der Waals surface area contributed by atoms with Crippen LogP contribution in [0.3, 0.4) is 0 Å². The van der Waals surface area contributed by atoms with Gasteiger partial charge in [-0.25, -0.2) is 4.98 Å². The minimum atomic E-state index is 0.848. The Balaban J connectivity index is 2.36. The van der Waals surface area contributed by atoms with Crippen LogP contribution in [0.15, 0.2) is 53.3 Å². The summed E-state index contributed by atoms with van der Waals surface area (Å²) in [6.07, 6.45) is 2.50. The number of aromatic nitrogens is 1. The summed E-state index contributed by atoms with van der Waals surface area (Å²) in [5, 5.41) is 0.